The van der Waals surface area contributed by atoms with E-state index in [9.17, 15) is 9.59 Å². The lowest BCUT2D eigenvalue weighted by molar-refractivity contribution is -0.117. The van der Waals surface area contributed by atoms with Crippen LogP contribution in [-0.4, -0.2) is 32.1 Å². The normalized spacial score (nSPS) is 11.3. The largest absolute Gasteiger partial charge is 0.378 e. The molecule has 0 saturated heterocycles. The Morgan fingerprint density at radius 1 is 0.906 bits per heavy atom. The number of carbonyl (C=O) groups is 2. The molecule has 0 aliphatic rings. The molecule has 0 aromatic heterocycles. The Hall–Kier alpha value is -3.90. The fourth-order valence-electron chi connectivity index (χ4n) is 2.79. The lowest BCUT2D eigenvalue weighted by Gasteiger charge is -2.12. The molecule has 0 bridgehead atoms. The minimum absolute atomic E-state index is 0.0692. The average Bonchev–Trinajstić information content (AvgIpc) is 2.79. The Kier molecular flexibility index (Phi) is 7.78. The summed E-state index contributed by atoms with van der Waals surface area (Å²) in [5.41, 5.74) is 5.47. The summed E-state index contributed by atoms with van der Waals surface area (Å²) >= 11 is 5.96. The van der Waals surface area contributed by atoms with E-state index in [0.29, 0.717) is 10.6 Å². The standard InChI is InChI=1S/C25H23ClN4O2/c1-30(2)22-13-11-18(12-14-22)16-23(28-24(31)20-8-4-3-5-9-20)25(32)29-27-17-19-7-6-10-21(26)15-19/h3-17H,1-2H3,(H,28,31)(H,29,32)/b23-16-,27-17-. The maximum absolute atomic E-state index is 12.8. The Bertz CT molecular complexity index is 1140. The van der Waals surface area contributed by atoms with Crippen LogP contribution in [0.15, 0.2) is 89.7 Å². The van der Waals surface area contributed by atoms with Gasteiger partial charge in [0.15, 0.2) is 0 Å². The van der Waals surface area contributed by atoms with Gasteiger partial charge in [-0.1, -0.05) is 54.1 Å². The zero-order valence-corrected chi connectivity index (χ0v) is 18.5. The quantitative estimate of drug-likeness (QED) is 0.322. The van der Waals surface area contributed by atoms with Crippen molar-refractivity contribution >= 4 is 41.4 Å². The van der Waals surface area contributed by atoms with Gasteiger partial charge < -0.3 is 10.2 Å². The van der Waals surface area contributed by atoms with Crippen molar-refractivity contribution in [3.05, 3.63) is 106 Å². The Morgan fingerprint density at radius 3 is 2.28 bits per heavy atom. The Balaban J connectivity index is 1.81. The van der Waals surface area contributed by atoms with Crippen LogP contribution < -0.4 is 15.6 Å². The predicted molar refractivity (Wildman–Crippen MR) is 130 cm³/mol. The second kappa shape index (κ2) is 10.9. The van der Waals surface area contributed by atoms with Crippen molar-refractivity contribution in [1.82, 2.24) is 10.7 Å². The highest BCUT2D eigenvalue weighted by atomic mass is 35.5. The summed E-state index contributed by atoms with van der Waals surface area (Å²) in [5.74, 6) is -0.944. The molecule has 0 unspecified atom stereocenters. The molecule has 0 aliphatic heterocycles. The number of carbonyl (C=O) groups excluding carboxylic acids is 2. The Labute approximate surface area is 192 Å². The van der Waals surface area contributed by atoms with Crippen molar-refractivity contribution in [3.8, 4) is 0 Å². The first-order valence-electron chi connectivity index (χ1n) is 9.87. The molecule has 0 aliphatic carbocycles. The van der Waals surface area contributed by atoms with E-state index in [2.05, 4.69) is 15.8 Å². The van der Waals surface area contributed by atoms with Gasteiger partial charge in [-0.05, 0) is 53.6 Å². The summed E-state index contributed by atoms with van der Waals surface area (Å²) in [6, 6.07) is 23.3. The minimum atomic E-state index is -0.552. The van der Waals surface area contributed by atoms with Gasteiger partial charge in [0, 0.05) is 30.4 Å². The number of benzene rings is 3. The zero-order valence-electron chi connectivity index (χ0n) is 17.7. The van der Waals surface area contributed by atoms with Gasteiger partial charge in [-0.2, -0.15) is 5.10 Å². The summed E-state index contributed by atoms with van der Waals surface area (Å²) in [6.45, 7) is 0. The van der Waals surface area contributed by atoms with E-state index in [4.69, 9.17) is 11.6 Å². The molecular formula is C25H23ClN4O2. The first kappa shape index (κ1) is 22.8. The summed E-state index contributed by atoms with van der Waals surface area (Å²) in [4.78, 5) is 27.4. The number of nitrogens with one attached hydrogen (secondary N) is 2. The number of anilines is 1. The van der Waals surface area contributed by atoms with Crippen LogP contribution in [0.1, 0.15) is 21.5 Å². The third kappa shape index (κ3) is 6.55. The van der Waals surface area contributed by atoms with Crippen molar-refractivity contribution in [2.75, 3.05) is 19.0 Å². The highest BCUT2D eigenvalue weighted by Crippen LogP contribution is 2.15. The predicted octanol–water partition coefficient (Wildman–Crippen LogP) is 4.33. The second-order valence-corrected chi connectivity index (χ2v) is 7.55. The van der Waals surface area contributed by atoms with Gasteiger partial charge >= 0.3 is 0 Å². The van der Waals surface area contributed by atoms with Crippen LogP contribution in [0.2, 0.25) is 5.02 Å². The number of rotatable bonds is 7. The van der Waals surface area contributed by atoms with Crippen LogP contribution >= 0.6 is 11.6 Å². The molecule has 2 N–H and O–H groups in total. The van der Waals surface area contributed by atoms with Crippen LogP contribution in [0.5, 0.6) is 0 Å². The van der Waals surface area contributed by atoms with Crippen LogP contribution in [0.4, 0.5) is 5.69 Å². The third-order valence-corrected chi connectivity index (χ3v) is 4.71. The van der Waals surface area contributed by atoms with Crippen LogP contribution in [0.3, 0.4) is 0 Å². The first-order chi connectivity index (χ1) is 15.4. The number of hydrogen-bond acceptors (Lipinski definition) is 4. The Morgan fingerprint density at radius 2 is 1.62 bits per heavy atom. The smallest absolute Gasteiger partial charge is 0.287 e. The van der Waals surface area contributed by atoms with Gasteiger partial charge in [0.1, 0.15) is 5.70 Å². The summed E-state index contributed by atoms with van der Waals surface area (Å²) in [5, 5.41) is 7.23. The molecule has 0 heterocycles. The molecule has 6 nitrogen and oxygen atoms in total. The fraction of sp³-hybridized carbons (Fsp3) is 0.0800. The van der Waals surface area contributed by atoms with Crippen molar-refractivity contribution in [2.24, 2.45) is 5.10 Å². The molecule has 3 aromatic carbocycles. The maximum atomic E-state index is 12.8. The zero-order chi connectivity index (χ0) is 22.9. The first-order valence-corrected chi connectivity index (χ1v) is 10.2. The maximum Gasteiger partial charge on any atom is 0.287 e. The molecule has 0 saturated carbocycles. The van der Waals surface area contributed by atoms with Gasteiger partial charge in [-0.3, -0.25) is 9.59 Å². The highest BCUT2D eigenvalue weighted by Gasteiger charge is 2.14. The monoisotopic (exact) mass is 446 g/mol. The van der Waals surface area contributed by atoms with E-state index in [1.807, 2.05) is 55.4 Å². The minimum Gasteiger partial charge on any atom is -0.378 e. The average molecular weight is 447 g/mol. The van der Waals surface area contributed by atoms with Gasteiger partial charge in [0.05, 0.1) is 6.21 Å². The molecule has 0 atom stereocenters. The van der Waals surface area contributed by atoms with Gasteiger partial charge in [-0.15, -0.1) is 0 Å². The molecule has 7 heteroatoms. The van der Waals surface area contributed by atoms with Gasteiger partial charge in [-0.25, -0.2) is 5.43 Å². The lowest BCUT2D eigenvalue weighted by atomic mass is 10.1. The topological polar surface area (TPSA) is 73.8 Å². The van der Waals surface area contributed by atoms with E-state index in [0.717, 1.165) is 16.8 Å². The fourth-order valence-corrected chi connectivity index (χ4v) is 2.99. The molecule has 0 radical (unpaired) electrons. The van der Waals surface area contributed by atoms with Gasteiger partial charge in [0.25, 0.3) is 11.8 Å². The van der Waals surface area contributed by atoms with Gasteiger partial charge in [0.2, 0.25) is 0 Å². The van der Waals surface area contributed by atoms with Crippen molar-refractivity contribution in [3.63, 3.8) is 0 Å². The van der Waals surface area contributed by atoms with Crippen molar-refractivity contribution < 1.29 is 9.59 Å². The van der Waals surface area contributed by atoms with Crippen LogP contribution in [0.25, 0.3) is 6.08 Å². The van der Waals surface area contributed by atoms with Crippen LogP contribution in [-0.2, 0) is 4.79 Å². The molecule has 32 heavy (non-hydrogen) atoms. The highest BCUT2D eigenvalue weighted by molar-refractivity contribution is 6.30. The molecule has 162 valence electrons. The molecule has 3 aromatic rings. The van der Waals surface area contributed by atoms with E-state index in [-0.39, 0.29) is 5.70 Å². The second-order valence-electron chi connectivity index (χ2n) is 7.12. The van der Waals surface area contributed by atoms with E-state index >= 15 is 0 Å². The molecule has 0 fully saturated rings. The molecule has 0 spiro atoms. The number of hydrogen-bond donors (Lipinski definition) is 2. The summed E-state index contributed by atoms with van der Waals surface area (Å²) in [7, 11) is 3.89. The van der Waals surface area contributed by atoms with Crippen molar-refractivity contribution in [2.45, 2.75) is 0 Å². The number of nitrogens with zero attached hydrogens (tertiary/aromatic N) is 2. The van der Waals surface area contributed by atoms with Crippen LogP contribution in [0, 0.1) is 0 Å². The van der Waals surface area contributed by atoms with E-state index < -0.39 is 11.8 Å². The number of hydrazone groups is 1. The number of halogens is 1. The van der Waals surface area contributed by atoms with E-state index in [1.54, 1.807) is 48.5 Å². The SMILES string of the molecule is CN(C)c1ccc(/C=C(\NC(=O)c2ccccc2)C(=O)N/N=C\c2cccc(Cl)c2)cc1. The molecule has 3 rings (SSSR count). The lowest BCUT2D eigenvalue weighted by Crippen LogP contribution is -2.32. The number of amides is 2. The van der Waals surface area contributed by atoms with Crippen molar-refractivity contribution in [1.29, 1.82) is 0 Å². The molecular weight excluding hydrogens is 424 g/mol. The van der Waals surface area contributed by atoms with E-state index in [1.165, 1.54) is 6.21 Å². The summed E-state index contributed by atoms with van der Waals surface area (Å²) < 4.78 is 0. The third-order valence-electron chi connectivity index (χ3n) is 4.48. The molecule has 2 amide bonds. The summed E-state index contributed by atoms with van der Waals surface area (Å²) in [6.07, 6.45) is 3.08.